The summed E-state index contributed by atoms with van der Waals surface area (Å²) in [6.07, 6.45) is 5.85. The monoisotopic (exact) mass is 274 g/mol. The van der Waals surface area contributed by atoms with Crippen LogP contribution in [0.25, 0.3) is 0 Å². The van der Waals surface area contributed by atoms with Gasteiger partial charge in [-0.25, -0.2) is 9.97 Å². The molecule has 5 nitrogen and oxygen atoms in total. The molecule has 0 atom stereocenters. The van der Waals surface area contributed by atoms with Gasteiger partial charge < -0.3 is 9.80 Å². The van der Waals surface area contributed by atoms with Crippen molar-refractivity contribution in [3.63, 3.8) is 0 Å². The highest BCUT2D eigenvalue weighted by Crippen LogP contribution is 2.23. The van der Waals surface area contributed by atoms with Crippen molar-refractivity contribution >= 4 is 12.2 Å². The molecule has 3 rings (SSSR count). The Balaban J connectivity index is 1.65. The summed E-state index contributed by atoms with van der Waals surface area (Å²) in [7, 11) is 0. The zero-order chi connectivity index (χ0) is 13.9. The molecule has 5 heteroatoms. The van der Waals surface area contributed by atoms with Gasteiger partial charge in [-0.2, -0.15) is 0 Å². The standard InChI is InChI=1S/C15H22N4O/c1-12-10-13(11-20)17-15(16-12)19-8-4-14(5-9-19)18-6-2-3-7-18/h10-11,14H,2-9H2,1H3. The van der Waals surface area contributed by atoms with Gasteiger partial charge in [0.05, 0.1) is 0 Å². The Morgan fingerprint density at radius 1 is 1.15 bits per heavy atom. The molecule has 2 aliphatic heterocycles. The summed E-state index contributed by atoms with van der Waals surface area (Å²) in [5, 5.41) is 0. The lowest BCUT2D eigenvalue weighted by atomic mass is 10.0. The summed E-state index contributed by atoms with van der Waals surface area (Å²) in [4.78, 5) is 24.6. The predicted molar refractivity (Wildman–Crippen MR) is 78.2 cm³/mol. The molecular weight excluding hydrogens is 252 g/mol. The van der Waals surface area contributed by atoms with E-state index in [0.717, 1.165) is 31.1 Å². The third kappa shape index (κ3) is 2.82. The predicted octanol–water partition coefficient (Wildman–Crippen LogP) is 1.66. The lowest BCUT2D eigenvalue weighted by Gasteiger charge is -2.36. The summed E-state index contributed by atoms with van der Waals surface area (Å²) in [5.41, 5.74) is 1.34. The van der Waals surface area contributed by atoms with E-state index < -0.39 is 0 Å². The molecule has 0 radical (unpaired) electrons. The van der Waals surface area contributed by atoms with Gasteiger partial charge in [-0.3, -0.25) is 4.79 Å². The SMILES string of the molecule is Cc1cc(C=O)nc(N2CCC(N3CCCC3)CC2)n1. The van der Waals surface area contributed by atoms with E-state index in [4.69, 9.17) is 0 Å². The summed E-state index contributed by atoms with van der Waals surface area (Å²) >= 11 is 0. The summed E-state index contributed by atoms with van der Waals surface area (Å²) in [6, 6.07) is 2.46. The maximum atomic E-state index is 10.9. The van der Waals surface area contributed by atoms with E-state index in [1.165, 1.54) is 38.8 Å². The molecule has 0 saturated carbocycles. The third-order valence-electron chi connectivity index (χ3n) is 4.39. The number of carbonyl (C=O) groups is 1. The van der Waals surface area contributed by atoms with E-state index in [1.807, 2.05) is 6.92 Å². The molecule has 2 saturated heterocycles. The first-order valence-electron chi connectivity index (χ1n) is 7.56. The van der Waals surface area contributed by atoms with Crippen LogP contribution in [-0.4, -0.2) is 53.4 Å². The first-order chi connectivity index (χ1) is 9.76. The van der Waals surface area contributed by atoms with E-state index in [9.17, 15) is 4.79 Å². The highest BCUT2D eigenvalue weighted by Gasteiger charge is 2.27. The number of aldehydes is 1. The van der Waals surface area contributed by atoms with Crippen LogP contribution in [0.1, 0.15) is 41.9 Å². The van der Waals surface area contributed by atoms with Crippen LogP contribution in [0.2, 0.25) is 0 Å². The first kappa shape index (κ1) is 13.5. The van der Waals surface area contributed by atoms with Gasteiger partial charge in [0.15, 0.2) is 6.29 Å². The first-order valence-corrected chi connectivity index (χ1v) is 7.56. The maximum absolute atomic E-state index is 10.9. The van der Waals surface area contributed by atoms with Crippen molar-refractivity contribution in [1.82, 2.24) is 14.9 Å². The summed E-state index contributed by atoms with van der Waals surface area (Å²) in [6.45, 7) is 6.42. The number of hydrogen-bond donors (Lipinski definition) is 0. The Kier molecular flexibility index (Phi) is 3.96. The average molecular weight is 274 g/mol. The van der Waals surface area contributed by atoms with Gasteiger partial charge in [0.2, 0.25) is 5.95 Å². The van der Waals surface area contributed by atoms with Crippen LogP contribution in [0.4, 0.5) is 5.95 Å². The number of likely N-dealkylation sites (tertiary alicyclic amines) is 1. The van der Waals surface area contributed by atoms with Gasteiger partial charge in [0.25, 0.3) is 0 Å². The second-order valence-corrected chi connectivity index (χ2v) is 5.81. The van der Waals surface area contributed by atoms with Crippen LogP contribution in [0.3, 0.4) is 0 Å². The van der Waals surface area contributed by atoms with Crippen LogP contribution < -0.4 is 4.90 Å². The van der Waals surface area contributed by atoms with E-state index in [0.29, 0.717) is 11.6 Å². The van der Waals surface area contributed by atoms with Gasteiger partial charge in [-0.15, -0.1) is 0 Å². The Hall–Kier alpha value is -1.49. The zero-order valence-electron chi connectivity index (χ0n) is 12.1. The third-order valence-corrected chi connectivity index (χ3v) is 4.39. The fourth-order valence-electron chi connectivity index (χ4n) is 3.32. The fraction of sp³-hybridized carbons (Fsp3) is 0.667. The van der Waals surface area contributed by atoms with Crippen LogP contribution in [-0.2, 0) is 0 Å². The lowest BCUT2D eigenvalue weighted by molar-refractivity contribution is 0.111. The Bertz CT molecular complexity index is 477. The van der Waals surface area contributed by atoms with Crippen molar-refractivity contribution in [3.8, 4) is 0 Å². The number of aromatic nitrogens is 2. The molecule has 108 valence electrons. The smallest absolute Gasteiger partial charge is 0.226 e. The second kappa shape index (κ2) is 5.87. The van der Waals surface area contributed by atoms with Gasteiger partial charge in [0.1, 0.15) is 5.69 Å². The minimum atomic E-state index is 0.481. The Morgan fingerprint density at radius 3 is 2.50 bits per heavy atom. The number of anilines is 1. The number of aryl methyl sites for hydroxylation is 1. The molecule has 3 heterocycles. The number of hydrogen-bond acceptors (Lipinski definition) is 5. The maximum Gasteiger partial charge on any atom is 0.226 e. The number of carbonyl (C=O) groups excluding carboxylic acids is 1. The Morgan fingerprint density at radius 2 is 1.85 bits per heavy atom. The molecule has 2 fully saturated rings. The van der Waals surface area contributed by atoms with Crippen molar-refractivity contribution in [2.75, 3.05) is 31.1 Å². The van der Waals surface area contributed by atoms with Crippen molar-refractivity contribution in [2.24, 2.45) is 0 Å². The highest BCUT2D eigenvalue weighted by molar-refractivity contribution is 5.72. The van der Waals surface area contributed by atoms with Crippen molar-refractivity contribution < 1.29 is 4.79 Å². The topological polar surface area (TPSA) is 49.3 Å². The molecule has 0 unspecified atom stereocenters. The van der Waals surface area contributed by atoms with Crippen LogP contribution in [0.15, 0.2) is 6.07 Å². The molecule has 0 aromatic carbocycles. The molecule has 0 amide bonds. The zero-order valence-corrected chi connectivity index (χ0v) is 12.1. The van der Waals surface area contributed by atoms with Crippen molar-refractivity contribution in [2.45, 2.75) is 38.6 Å². The molecule has 20 heavy (non-hydrogen) atoms. The Labute approximate surface area is 120 Å². The highest BCUT2D eigenvalue weighted by atomic mass is 16.1. The molecule has 1 aromatic heterocycles. The van der Waals surface area contributed by atoms with E-state index >= 15 is 0 Å². The lowest BCUT2D eigenvalue weighted by Crippen LogP contribution is -2.44. The molecule has 0 aliphatic carbocycles. The van der Waals surface area contributed by atoms with Crippen LogP contribution in [0.5, 0.6) is 0 Å². The molecule has 0 bridgehead atoms. The number of nitrogens with zero attached hydrogens (tertiary/aromatic N) is 4. The second-order valence-electron chi connectivity index (χ2n) is 5.81. The van der Waals surface area contributed by atoms with Gasteiger partial charge >= 0.3 is 0 Å². The van der Waals surface area contributed by atoms with Crippen LogP contribution in [0, 0.1) is 6.92 Å². The summed E-state index contributed by atoms with van der Waals surface area (Å²) < 4.78 is 0. The number of piperidine rings is 1. The van der Waals surface area contributed by atoms with Gasteiger partial charge in [-0.05, 0) is 51.8 Å². The largest absolute Gasteiger partial charge is 0.341 e. The van der Waals surface area contributed by atoms with Crippen LogP contribution >= 0.6 is 0 Å². The molecule has 0 N–H and O–H groups in total. The molecule has 0 spiro atoms. The van der Waals surface area contributed by atoms with E-state index in [2.05, 4.69) is 19.8 Å². The summed E-state index contributed by atoms with van der Waals surface area (Å²) in [5.74, 6) is 0.715. The van der Waals surface area contributed by atoms with Gasteiger partial charge in [-0.1, -0.05) is 0 Å². The van der Waals surface area contributed by atoms with E-state index in [1.54, 1.807) is 6.07 Å². The molecule has 1 aromatic rings. The average Bonchev–Trinajstić information content (AvgIpc) is 3.01. The van der Waals surface area contributed by atoms with Gasteiger partial charge in [0, 0.05) is 24.8 Å². The fourth-order valence-corrected chi connectivity index (χ4v) is 3.32. The van der Waals surface area contributed by atoms with Crippen molar-refractivity contribution in [3.05, 3.63) is 17.5 Å². The quantitative estimate of drug-likeness (QED) is 0.785. The minimum absolute atomic E-state index is 0.481. The van der Waals surface area contributed by atoms with Crippen molar-refractivity contribution in [1.29, 1.82) is 0 Å². The normalized spacial score (nSPS) is 21.4. The molecular formula is C15H22N4O. The molecule has 2 aliphatic rings. The van der Waals surface area contributed by atoms with E-state index in [-0.39, 0.29) is 0 Å². The minimum Gasteiger partial charge on any atom is -0.341 e. The number of rotatable bonds is 3.